The van der Waals surface area contributed by atoms with Crippen molar-refractivity contribution >= 4 is 15.7 Å². The van der Waals surface area contributed by atoms with Crippen LogP contribution in [0.15, 0.2) is 54.6 Å². The Morgan fingerprint density at radius 2 is 1.88 bits per heavy atom. The Kier molecular flexibility index (Phi) is 6.21. The maximum absolute atomic E-state index is 12.7. The number of tetrazole rings is 1. The van der Waals surface area contributed by atoms with E-state index in [1.54, 1.807) is 12.1 Å². The molecule has 3 aromatic rings. The van der Waals surface area contributed by atoms with Crippen LogP contribution in [0.25, 0.3) is 0 Å². The molecule has 2 saturated heterocycles. The Bertz CT molecular complexity index is 1240. The van der Waals surface area contributed by atoms with Gasteiger partial charge < -0.3 is 19.1 Å². The van der Waals surface area contributed by atoms with Crippen LogP contribution in [0.1, 0.15) is 11.6 Å². The fraction of sp³-hybridized carbons (Fsp3) is 0.409. The van der Waals surface area contributed by atoms with Crippen LogP contribution < -0.4 is 14.4 Å². The number of anilines is 1. The average Bonchev–Trinajstić information content (AvgIpc) is 3.52. The maximum Gasteiger partial charge on any atom is 0.341 e. The van der Waals surface area contributed by atoms with Gasteiger partial charge in [0.15, 0.2) is 0 Å². The summed E-state index contributed by atoms with van der Waals surface area (Å²) in [5.41, 5.74) is 1.69. The molecule has 4 atom stereocenters. The molecule has 3 heterocycles. The first kappa shape index (κ1) is 22.7. The summed E-state index contributed by atoms with van der Waals surface area (Å²) in [5, 5.41) is 11.9. The Labute approximate surface area is 197 Å². The second-order valence-electron chi connectivity index (χ2n) is 8.53. The molecule has 0 aliphatic carbocycles. The van der Waals surface area contributed by atoms with Gasteiger partial charge in [0, 0.05) is 25.8 Å². The van der Waals surface area contributed by atoms with Gasteiger partial charge in [0.1, 0.15) is 24.0 Å². The van der Waals surface area contributed by atoms with Crippen LogP contribution in [0.4, 0.5) is 5.69 Å². The molecule has 0 bridgehead atoms. The summed E-state index contributed by atoms with van der Waals surface area (Å²) in [5.74, 6) is 0.485. The number of benzene rings is 2. The van der Waals surface area contributed by atoms with Crippen molar-refractivity contribution in [2.45, 2.75) is 30.0 Å². The Balaban J connectivity index is 1.27. The average molecular weight is 487 g/mol. The van der Waals surface area contributed by atoms with E-state index in [9.17, 15) is 8.42 Å². The lowest BCUT2D eigenvalue weighted by molar-refractivity contribution is 0.0615. The molecule has 1 aromatic heterocycles. The van der Waals surface area contributed by atoms with E-state index in [4.69, 9.17) is 14.2 Å². The number of fused-ring (bicyclic) bond motifs is 1. The number of aromatic nitrogens is 4. The van der Waals surface area contributed by atoms with Gasteiger partial charge in [0.05, 0.1) is 25.0 Å². The molecule has 0 spiro atoms. The fourth-order valence-corrected chi connectivity index (χ4v) is 5.63. The van der Waals surface area contributed by atoms with Crippen LogP contribution in [0.2, 0.25) is 0 Å². The zero-order valence-electron chi connectivity index (χ0n) is 18.8. The lowest BCUT2D eigenvalue weighted by Crippen LogP contribution is -2.44. The molecule has 1 N–H and O–H groups in total. The minimum atomic E-state index is -3.57. The molecule has 0 radical (unpaired) electrons. The van der Waals surface area contributed by atoms with E-state index in [0.717, 1.165) is 5.69 Å². The lowest BCUT2D eigenvalue weighted by Gasteiger charge is -2.18. The highest BCUT2D eigenvalue weighted by Crippen LogP contribution is 2.36. The molecule has 2 aliphatic heterocycles. The number of nitrogens with zero attached hydrogens (tertiary/aromatic N) is 5. The van der Waals surface area contributed by atoms with Crippen molar-refractivity contribution in [1.82, 2.24) is 24.9 Å². The number of sulfonamides is 1. The van der Waals surface area contributed by atoms with Crippen molar-refractivity contribution in [3.05, 3.63) is 60.2 Å². The maximum atomic E-state index is 12.7. The quantitative estimate of drug-likeness (QED) is 0.503. The molecule has 2 fully saturated rings. The van der Waals surface area contributed by atoms with Gasteiger partial charge >= 0.3 is 6.01 Å². The standard InChI is InChI=1S/C22H26N6O5S/c1-27(2)16-9-6-10-17(11-16)33-22-23-25-26-28(22)19-13-32-20-18(12-31-21(19)20)24-34(29,30)14-15-7-4-3-5-8-15/h3-11,18-21,24H,12-14H2,1-2H3/t18-,19-,20+,21+/m0/s1. The van der Waals surface area contributed by atoms with E-state index < -0.39 is 28.3 Å². The molecular formula is C22H26N6O5S. The Hall–Kier alpha value is -3.06. The van der Waals surface area contributed by atoms with Crippen LogP contribution in [0.5, 0.6) is 11.8 Å². The van der Waals surface area contributed by atoms with Gasteiger partial charge in [-0.25, -0.2) is 13.1 Å². The molecule has 0 amide bonds. The van der Waals surface area contributed by atoms with E-state index in [0.29, 0.717) is 11.3 Å². The number of hydrogen-bond acceptors (Lipinski definition) is 9. The van der Waals surface area contributed by atoms with Crippen LogP contribution in [-0.4, -0.2) is 74.2 Å². The molecule has 0 saturated carbocycles. The molecule has 5 rings (SSSR count). The molecule has 2 aliphatic rings. The van der Waals surface area contributed by atoms with Crippen molar-refractivity contribution in [1.29, 1.82) is 0 Å². The Morgan fingerprint density at radius 3 is 2.68 bits per heavy atom. The highest BCUT2D eigenvalue weighted by Gasteiger charge is 2.50. The van der Waals surface area contributed by atoms with Gasteiger partial charge in [-0.05, 0) is 28.1 Å². The highest BCUT2D eigenvalue weighted by atomic mass is 32.2. The molecule has 11 nitrogen and oxygen atoms in total. The van der Waals surface area contributed by atoms with Crippen molar-refractivity contribution < 1.29 is 22.6 Å². The molecule has 2 aromatic carbocycles. The molecule has 180 valence electrons. The number of hydrogen-bond donors (Lipinski definition) is 1. The SMILES string of the molecule is CN(C)c1cccc(Oc2nnnn2[C@H]2CO[C@H]3[C@@H]2OC[C@@H]3NS(=O)(=O)Cc2ccccc2)c1. The van der Waals surface area contributed by atoms with Gasteiger partial charge in [-0.15, -0.1) is 0 Å². The smallest absolute Gasteiger partial charge is 0.341 e. The first-order valence-corrected chi connectivity index (χ1v) is 12.5. The van der Waals surface area contributed by atoms with Crippen molar-refractivity contribution in [2.24, 2.45) is 0 Å². The monoisotopic (exact) mass is 486 g/mol. The summed E-state index contributed by atoms with van der Waals surface area (Å²) in [6, 6.07) is 16.0. The number of nitrogens with one attached hydrogen (secondary N) is 1. The third-order valence-corrected chi connectivity index (χ3v) is 7.25. The van der Waals surface area contributed by atoms with E-state index >= 15 is 0 Å². The van der Waals surface area contributed by atoms with Crippen molar-refractivity contribution in [3.8, 4) is 11.8 Å². The van der Waals surface area contributed by atoms with E-state index in [2.05, 4.69) is 20.2 Å². The van der Waals surface area contributed by atoms with E-state index in [1.807, 2.05) is 61.5 Å². The number of rotatable bonds is 8. The molecule has 34 heavy (non-hydrogen) atoms. The highest BCUT2D eigenvalue weighted by molar-refractivity contribution is 7.88. The van der Waals surface area contributed by atoms with Crippen LogP contribution >= 0.6 is 0 Å². The second kappa shape index (κ2) is 9.29. The summed E-state index contributed by atoms with van der Waals surface area (Å²) in [4.78, 5) is 1.97. The summed E-state index contributed by atoms with van der Waals surface area (Å²) >= 11 is 0. The summed E-state index contributed by atoms with van der Waals surface area (Å²) in [7, 11) is 0.317. The van der Waals surface area contributed by atoms with Gasteiger partial charge in [0.2, 0.25) is 10.0 Å². The van der Waals surface area contributed by atoms with Crippen molar-refractivity contribution in [3.63, 3.8) is 0 Å². The Morgan fingerprint density at radius 1 is 1.09 bits per heavy atom. The van der Waals surface area contributed by atoms with Gasteiger partial charge in [-0.1, -0.05) is 41.5 Å². The predicted octanol–water partition coefficient (Wildman–Crippen LogP) is 1.36. The summed E-state index contributed by atoms with van der Waals surface area (Å²) in [6.45, 7) is 0.467. The predicted molar refractivity (Wildman–Crippen MR) is 123 cm³/mol. The van der Waals surface area contributed by atoms with Gasteiger partial charge in [0.25, 0.3) is 0 Å². The molecule has 0 unspecified atom stereocenters. The van der Waals surface area contributed by atoms with Crippen LogP contribution in [0.3, 0.4) is 0 Å². The molecule has 12 heteroatoms. The first-order chi connectivity index (χ1) is 16.4. The number of ether oxygens (including phenoxy) is 3. The van der Waals surface area contributed by atoms with E-state index in [1.165, 1.54) is 4.68 Å². The third kappa shape index (κ3) is 4.75. The third-order valence-electron chi connectivity index (χ3n) is 5.88. The zero-order chi connectivity index (χ0) is 23.7. The minimum absolute atomic E-state index is 0.109. The van der Waals surface area contributed by atoms with E-state index in [-0.39, 0.29) is 31.0 Å². The normalized spacial score (nSPS) is 24.2. The summed E-state index contributed by atoms with van der Waals surface area (Å²) in [6.07, 6.45) is -0.868. The fourth-order valence-electron chi connectivity index (χ4n) is 4.25. The lowest BCUT2D eigenvalue weighted by atomic mass is 10.1. The topological polar surface area (TPSA) is 121 Å². The van der Waals surface area contributed by atoms with Crippen LogP contribution in [-0.2, 0) is 25.2 Å². The molecular weight excluding hydrogens is 460 g/mol. The van der Waals surface area contributed by atoms with Crippen molar-refractivity contribution in [2.75, 3.05) is 32.2 Å². The minimum Gasteiger partial charge on any atom is -0.423 e. The largest absolute Gasteiger partial charge is 0.423 e. The second-order valence-corrected chi connectivity index (χ2v) is 10.3. The van der Waals surface area contributed by atoms with Gasteiger partial charge in [-0.2, -0.15) is 4.68 Å². The first-order valence-electron chi connectivity index (χ1n) is 10.9. The van der Waals surface area contributed by atoms with Crippen LogP contribution in [0, 0.1) is 0 Å². The van der Waals surface area contributed by atoms with Gasteiger partial charge in [-0.3, -0.25) is 0 Å². The zero-order valence-corrected chi connectivity index (χ0v) is 19.6. The summed E-state index contributed by atoms with van der Waals surface area (Å²) < 4.78 is 47.5.